The average molecular weight is 1180 g/mol. The number of pyridine rings is 2. The van der Waals surface area contributed by atoms with Crippen LogP contribution in [0.3, 0.4) is 0 Å². The molecule has 9 nitrogen and oxygen atoms in total. The molecular formula is C83H52N8O. The van der Waals surface area contributed by atoms with E-state index in [0.29, 0.717) is 17.3 Å². The second-order valence-corrected chi connectivity index (χ2v) is 23.5. The van der Waals surface area contributed by atoms with E-state index in [1.165, 1.54) is 37.8 Å². The van der Waals surface area contributed by atoms with E-state index in [4.69, 9.17) is 14.7 Å². The first-order valence-electron chi connectivity index (χ1n) is 31.0. The van der Waals surface area contributed by atoms with E-state index in [9.17, 15) is 0 Å². The summed E-state index contributed by atoms with van der Waals surface area (Å²) in [6.07, 6.45) is 7.52. The highest BCUT2D eigenvalue weighted by Gasteiger charge is 2.24. The van der Waals surface area contributed by atoms with Crippen LogP contribution >= 0.6 is 0 Å². The number of aromatic nitrogens is 8. The van der Waals surface area contributed by atoms with Gasteiger partial charge in [0.15, 0.2) is 5.82 Å². The summed E-state index contributed by atoms with van der Waals surface area (Å²) in [5.74, 6) is 2.76. The second-order valence-electron chi connectivity index (χ2n) is 23.5. The van der Waals surface area contributed by atoms with E-state index in [2.05, 4.69) is 314 Å². The van der Waals surface area contributed by atoms with Gasteiger partial charge in [-0.3, -0.25) is 18.7 Å². The minimum Gasteiger partial charge on any atom is -0.458 e. The molecule has 19 rings (SSSR count). The summed E-state index contributed by atoms with van der Waals surface area (Å²) in [4.78, 5) is 10.4. The van der Waals surface area contributed by atoms with Gasteiger partial charge in [-0.2, -0.15) is 0 Å². The molecule has 0 aliphatic heterocycles. The molecule has 0 amide bonds. The third-order valence-corrected chi connectivity index (χ3v) is 18.4. The quantitative estimate of drug-likeness (QED) is 0.101. The summed E-state index contributed by atoms with van der Waals surface area (Å²) in [5.41, 5.74) is 19.5. The minimum atomic E-state index is 0.637. The fourth-order valence-corrected chi connectivity index (χ4v) is 14.5. The Balaban J connectivity index is 0.772. The van der Waals surface area contributed by atoms with Gasteiger partial charge < -0.3 is 18.4 Å². The van der Waals surface area contributed by atoms with E-state index in [1.807, 2.05) is 29.0 Å². The SMILES string of the molecule is [c-]1n(-c2cc(Oc3ccc4c5cc(-c6cccc7c8ccccc8n(-c8ccccc8)c67)ccc5n(-c5ccc(-n6c7ccccc7c7cccc(-n8c9ccccc9c9ccccc98)c76)cn5)c4c3)ccn2)c2ccccc2[n+]1-c1ccccc1-c1ccccc1. The molecule has 9 heteroatoms. The highest BCUT2D eigenvalue weighted by Crippen LogP contribution is 2.44. The molecule has 92 heavy (non-hydrogen) atoms. The van der Waals surface area contributed by atoms with Gasteiger partial charge in [-0.15, -0.1) is 0 Å². The Bertz CT molecular complexity index is 6110. The molecule has 0 fully saturated rings. The van der Waals surface area contributed by atoms with Gasteiger partial charge in [0.25, 0.3) is 6.33 Å². The molecule has 0 aliphatic carbocycles. The molecular weight excluding hydrogens is 1120 g/mol. The van der Waals surface area contributed by atoms with Gasteiger partial charge >= 0.3 is 0 Å². The second kappa shape index (κ2) is 20.5. The summed E-state index contributed by atoms with van der Waals surface area (Å²) >= 11 is 0. The monoisotopic (exact) mass is 1180 g/mol. The summed E-state index contributed by atoms with van der Waals surface area (Å²) in [5, 5.41) is 9.37. The largest absolute Gasteiger partial charge is 0.458 e. The van der Waals surface area contributed by atoms with Crippen molar-refractivity contribution in [2.45, 2.75) is 0 Å². The van der Waals surface area contributed by atoms with E-state index < -0.39 is 0 Å². The van der Waals surface area contributed by atoms with Gasteiger partial charge in [0, 0.05) is 72.7 Å². The molecule has 0 atom stereocenters. The maximum absolute atomic E-state index is 6.97. The van der Waals surface area contributed by atoms with Gasteiger partial charge in [0.2, 0.25) is 0 Å². The number of hydrogen-bond donors (Lipinski definition) is 0. The molecule has 0 bridgehead atoms. The van der Waals surface area contributed by atoms with E-state index in [0.717, 1.165) is 111 Å². The van der Waals surface area contributed by atoms with Crippen LogP contribution in [-0.4, -0.2) is 32.8 Å². The zero-order valence-electron chi connectivity index (χ0n) is 49.5. The number of imidazole rings is 1. The third-order valence-electron chi connectivity index (χ3n) is 18.4. The van der Waals surface area contributed by atoms with Crippen LogP contribution in [0.5, 0.6) is 11.5 Å². The van der Waals surface area contributed by atoms with Crippen LogP contribution in [0.2, 0.25) is 0 Å². The van der Waals surface area contributed by atoms with Crippen molar-refractivity contribution in [1.29, 1.82) is 0 Å². The lowest BCUT2D eigenvalue weighted by atomic mass is 10.00. The number of ether oxygens (including phenoxy) is 1. The Labute approximate surface area is 527 Å². The third kappa shape index (κ3) is 7.89. The maximum atomic E-state index is 6.97. The van der Waals surface area contributed by atoms with Crippen molar-refractivity contribution < 1.29 is 9.30 Å². The van der Waals surface area contributed by atoms with Gasteiger partial charge in [-0.05, 0) is 108 Å². The van der Waals surface area contributed by atoms with Crippen LogP contribution in [-0.2, 0) is 0 Å². The van der Waals surface area contributed by atoms with E-state index in [1.54, 1.807) is 6.20 Å². The number of hydrogen-bond acceptors (Lipinski definition) is 3. The number of para-hydroxylation sites is 10. The Morgan fingerprint density at radius 2 is 0.880 bits per heavy atom. The number of nitrogens with zero attached hydrogens (tertiary/aromatic N) is 8. The van der Waals surface area contributed by atoms with E-state index >= 15 is 0 Å². The zero-order valence-corrected chi connectivity index (χ0v) is 49.5. The van der Waals surface area contributed by atoms with Crippen LogP contribution < -0.4 is 9.30 Å². The van der Waals surface area contributed by atoms with Gasteiger partial charge in [-0.25, -0.2) is 4.98 Å². The predicted molar refractivity (Wildman–Crippen MR) is 374 cm³/mol. The standard InChI is InChI=1S/C83H52N8O/c1-3-21-54(22-4-1)60-25-7-12-33-70(60)86-53-87(77-39-18-17-38-76(77)86)81-51-59(47-48-84-81)92-58-43-44-66-69-49-55(61-30-19-31-67-64-28-10-13-34-71(64)88(82(61)67)56-23-5-2-6-24-56)41-45-75(69)91(79(66)50-58)80-46-42-57(52-85-80)89-72-35-14-11-29-65(72)68-32-20-40-78(83(68)89)90-73-36-15-8-26-62(73)63-27-9-16-37-74(63)90/h1-52H. The molecule has 430 valence electrons. The summed E-state index contributed by atoms with van der Waals surface area (Å²) in [6, 6.07) is 108. The Hall–Kier alpha value is -12.6. The first-order valence-corrected chi connectivity index (χ1v) is 31.0. The first kappa shape index (κ1) is 51.5. The maximum Gasteiger partial charge on any atom is 0.271 e. The van der Waals surface area contributed by atoms with Crippen molar-refractivity contribution in [3.63, 3.8) is 0 Å². The Kier molecular flexibility index (Phi) is 11.5. The fourth-order valence-electron chi connectivity index (χ4n) is 14.5. The molecule has 0 N–H and O–H groups in total. The lowest BCUT2D eigenvalue weighted by Crippen LogP contribution is -2.30. The fraction of sp³-hybridized carbons (Fsp3) is 0. The highest BCUT2D eigenvalue weighted by molar-refractivity contribution is 6.17. The van der Waals surface area contributed by atoms with Gasteiger partial charge in [-0.1, -0.05) is 200 Å². The van der Waals surface area contributed by atoms with Crippen LogP contribution in [0.15, 0.2) is 316 Å². The van der Waals surface area contributed by atoms with Gasteiger partial charge in [0.05, 0.1) is 78.4 Å². The smallest absolute Gasteiger partial charge is 0.271 e. The van der Waals surface area contributed by atoms with Crippen molar-refractivity contribution >= 4 is 98.3 Å². The van der Waals surface area contributed by atoms with Crippen molar-refractivity contribution in [2.24, 2.45) is 0 Å². The molecule has 19 aromatic rings. The van der Waals surface area contributed by atoms with Gasteiger partial charge in [0.1, 0.15) is 17.3 Å². The number of benzene rings is 12. The Morgan fingerprint density at radius 3 is 1.61 bits per heavy atom. The van der Waals surface area contributed by atoms with Crippen molar-refractivity contribution in [3.05, 3.63) is 322 Å². The normalized spacial score (nSPS) is 11.9. The van der Waals surface area contributed by atoms with Crippen molar-refractivity contribution in [2.75, 3.05) is 0 Å². The van der Waals surface area contributed by atoms with Crippen LogP contribution in [0.25, 0.3) is 155 Å². The molecule has 7 aromatic heterocycles. The predicted octanol–water partition coefficient (Wildman–Crippen LogP) is 20.0. The van der Waals surface area contributed by atoms with Crippen LogP contribution in [0, 0.1) is 6.33 Å². The minimum absolute atomic E-state index is 0.637. The lowest BCUT2D eigenvalue weighted by Gasteiger charge is -2.15. The van der Waals surface area contributed by atoms with Crippen LogP contribution in [0.4, 0.5) is 0 Å². The Morgan fingerprint density at radius 1 is 0.315 bits per heavy atom. The van der Waals surface area contributed by atoms with Crippen molar-refractivity contribution in [1.82, 2.24) is 32.8 Å². The molecule has 0 spiro atoms. The highest BCUT2D eigenvalue weighted by atomic mass is 16.5. The zero-order chi connectivity index (χ0) is 60.4. The number of fused-ring (bicyclic) bond motifs is 13. The molecule has 0 radical (unpaired) electrons. The number of rotatable bonds is 10. The molecule has 0 unspecified atom stereocenters. The first-order chi connectivity index (χ1) is 45.7. The topological polar surface area (TPSA) is 63.5 Å². The molecule has 12 aromatic carbocycles. The lowest BCUT2D eigenvalue weighted by molar-refractivity contribution is -0.571. The summed E-state index contributed by atoms with van der Waals surface area (Å²) < 4.78 is 20.6. The van der Waals surface area contributed by atoms with Crippen molar-refractivity contribution in [3.8, 4) is 68.1 Å². The summed E-state index contributed by atoms with van der Waals surface area (Å²) in [7, 11) is 0. The molecule has 0 aliphatic rings. The average Bonchev–Trinajstić information content (AvgIpc) is 1.59. The van der Waals surface area contributed by atoms with Crippen LogP contribution in [0.1, 0.15) is 0 Å². The molecule has 7 heterocycles. The van der Waals surface area contributed by atoms with E-state index in [-0.39, 0.29) is 0 Å². The molecule has 0 saturated carbocycles. The summed E-state index contributed by atoms with van der Waals surface area (Å²) in [6.45, 7) is 0. The molecule has 0 saturated heterocycles.